The maximum Gasteiger partial charge on any atom is 0.446 e. The van der Waals surface area contributed by atoms with Gasteiger partial charge in [0.15, 0.2) is 0 Å². The third-order valence-corrected chi connectivity index (χ3v) is 5.23. The van der Waals surface area contributed by atoms with E-state index in [0.717, 1.165) is 11.5 Å². The van der Waals surface area contributed by atoms with E-state index in [2.05, 4.69) is 16.8 Å². The predicted octanol–water partition coefficient (Wildman–Crippen LogP) is 5.02. The van der Waals surface area contributed by atoms with Crippen LogP contribution in [0.1, 0.15) is 15.9 Å². The van der Waals surface area contributed by atoms with E-state index in [1.54, 1.807) is 23.1 Å². The van der Waals surface area contributed by atoms with E-state index in [1.807, 2.05) is 5.38 Å². The van der Waals surface area contributed by atoms with Crippen molar-refractivity contribution in [1.29, 1.82) is 0 Å². The molecule has 1 N–H and O–H groups in total. The summed E-state index contributed by atoms with van der Waals surface area (Å²) < 4.78 is 36.7. The van der Waals surface area contributed by atoms with Gasteiger partial charge in [0, 0.05) is 28.5 Å². The predicted molar refractivity (Wildman–Crippen MR) is 91.2 cm³/mol. The van der Waals surface area contributed by atoms with Crippen LogP contribution in [0.2, 0.25) is 0 Å². The second kappa shape index (κ2) is 8.65. The molecule has 0 bridgehead atoms. The average molecular weight is 377 g/mol. The molecule has 1 heterocycles. The Hall–Kier alpha value is -1.12. The lowest BCUT2D eigenvalue weighted by atomic mass is 10.2. The van der Waals surface area contributed by atoms with Crippen LogP contribution in [0, 0.1) is 0 Å². The summed E-state index contributed by atoms with van der Waals surface area (Å²) in [6.45, 7) is 0.521. The van der Waals surface area contributed by atoms with E-state index < -0.39 is 5.51 Å². The van der Waals surface area contributed by atoms with E-state index >= 15 is 0 Å². The number of benzene rings is 1. The summed E-state index contributed by atoms with van der Waals surface area (Å²) in [6.07, 6.45) is 0. The van der Waals surface area contributed by atoms with Gasteiger partial charge in [0.25, 0.3) is 5.91 Å². The molecule has 0 unspecified atom stereocenters. The van der Waals surface area contributed by atoms with Gasteiger partial charge in [-0.2, -0.15) is 36.3 Å². The zero-order valence-corrected chi connectivity index (χ0v) is 14.4. The molecule has 0 aliphatic heterocycles. The number of carbonyl (C=O) groups excluding carboxylic acids is 1. The highest BCUT2D eigenvalue weighted by atomic mass is 32.2. The SMILES string of the molecule is O=C(NCCSCc1ccsc1)c1ccc(SC(F)(F)F)cc1. The van der Waals surface area contributed by atoms with Crippen molar-refractivity contribution in [3.05, 3.63) is 52.2 Å². The molecular formula is C15H14F3NOS3. The van der Waals surface area contributed by atoms with E-state index in [1.165, 1.54) is 29.8 Å². The highest BCUT2D eigenvalue weighted by molar-refractivity contribution is 8.00. The third-order valence-electron chi connectivity index (χ3n) is 2.73. The summed E-state index contributed by atoms with van der Waals surface area (Å²) in [4.78, 5) is 12.0. The van der Waals surface area contributed by atoms with Gasteiger partial charge in [-0.1, -0.05) is 0 Å². The minimum atomic E-state index is -4.32. The summed E-state index contributed by atoms with van der Waals surface area (Å²) >= 11 is 3.19. The smallest absolute Gasteiger partial charge is 0.351 e. The van der Waals surface area contributed by atoms with E-state index in [9.17, 15) is 18.0 Å². The first kappa shape index (κ1) is 18.2. The van der Waals surface area contributed by atoms with Gasteiger partial charge in [-0.25, -0.2) is 0 Å². The normalized spacial score (nSPS) is 11.4. The van der Waals surface area contributed by atoms with Crippen LogP contribution in [-0.2, 0) is 5.75 Å². The molecule has 0 fully saturated rings. The molecule has 1 aromatic heterocycles. The van der Waals surface area contributed by atoms with Crippen molar-refractivity contribution in [1.82, 2.24) is 5.32 Å². The Morgan fingerprint density at radius 3 is 2.52 bits per heavy atom. The molecule has 1 amide bonds. The Kier molecular flexibility index (Phi) is 6.86. The zero-order chi connectivity index (χ0) is 16.7. The molecule has 0 saturated carbocycles. The summed E-state index contributed by atoms with van der Waals surface area (Å²) in [7, 11) is 0. The van der Waals surface area contributed by atoms with Gasteiger partial charge in [-0.05, 0) is 58.4 Å². The summed E-state index contributed by atoms with van der Waals surface area (Å²) in [6, 6.07) is 7.48. The Morgan fingerprint density at radius 1 is 1.17 bits per heavy atom. The molecule has 0 spiro atoms. The minimum Gasteiger partial charge on any atom is -0.351 e. The first-order valence-corrected chi connectivity index (χ1v) is 9.58. The van der Waals surface area contributed by atoms with Crippen molar-refractivity contribution < 1.29 is 18.0 Å². The fourth-order valence-corrected chi connectivity index (χ4v) is 3.83. The first-order chi connectivity index (χ1) is 10.9. The van der Waals surface area contributed by atoms with Crippen molar-refractivity contribution >= 4 is 40.8 Å². The number of halogens is 3. The van der Waals surface area contributed by atoms with Crippen molar-refractivity contribution in [2.45, 2.75) is 16.2 Å². The molecular weight excluding hydrogens is 363 g/mol. The molecule has 2 aromatic rings. The molecule has 124 valence electrons. The summed E-state index contributed by atoms with van der Waals surface area (Å²) in [5.74, 6) is 1.41. The standard InChI is InChI=1S/C15H14F3NOS3/c16-15(17,18)23-13-3-1-12(2-4-13)14(20)19-6-8-22-10-11-5-7-21-9-11/h1-5,7,9H,6,8,10H2,(H,19,20). The molecule has 0 aliphatic rings. The van der Waals surface area contributed by atoms with Gasteiger partial charge in [-0.3, -0.25) is 4.79 Å². The number of carbonyl (C=O) groups is 1. The van der Waals surface area contributed by atoms with Crippen LogP contribution in [0.4, 0.5) is 13.2 Å². The van der Waals surface area contributed by atoms with Crippen molar-refractivity contribution in [3.8, 4) is 0 Å². The summed E-state index contributed by atoms with van der Waals surface area (Å²) in [5, 5.41) is 6.88. The van der Waals surface area contributed by atoms with Crippen LogP contribution >= 0.6 is 34.9 Å². The number of hydrogen-bond donors (Lipinski definition) is 1. The van der Waals surface area contributed by atoms with E-state index in [-0.39, 0.29) is 22.6 Å². The fraction of sp³-hybridized carbons (Fsp3) is 0.267. The second-order valence-electron chi connectivity index (χ2n) is 4.51. The van der Waals surface area contributed by atoms with Crippen LogP contribution in [0.15, 0.2) is 46.0 Å². The third kappa shape index (κ3) is 6.88. The molecule has 1 aromatic carbocycles. The molecule has 8 heteroatoms. The highest BCUT2D eigenvalue weighted by Crippen LogP contribution is 2.36. The van der Waals surface area contributed by atoms with Gasteiger partial charge in [0.05, 0.1) is 0 Å². The van der Waals surface area contributed by atoms with Gasteiger partial charge in [0.1, 0.15) is 0 Å². The van der Waals surface area contributed by atoms with Crippen LogP contribution in [0.5, 0.6) is 0 Å². The molecule has 2 nitrogen and oxygen atoms in total. The molecule has 0 radical (unpaired) electrons. The Bertz CT molecular complexity index is 612. The average Bonchev–Trinajstić information content (AvgIpc) is 2.99. The van der Waals surface area contributed by atoms with Crippen molar-refractivity contribution in [2.75, 3.05) is 12.3 Å². The lowest BCUT2D eigenvalue weighted by Crippen LogP contribution is -2.25. The molecule has 0 aliphatic carbocycles. The van der Waals surface area contributed by atoms with E-state index in [4.69, 9.17) is 0 Å². The number of thiophene rings is 1. The number of alkyl halides is 3. The van der Waals surface area contributed by atoms with Crippen molar-refractivity contribution in [3.63, 3.8) is 0 Å². The molecule has 2 rings (SSSR count). The Labute approximate surface area is 144 Å². The number of hydrogen-bond acceptors (Lipinski definition) is 4. The zero-order valence-electron chi connectivity index (χ0n) is 11.9. The lowest BCUT2D eigenvalue weighted by Gasteiger charge is -2.07. The molecule has 23 heavy (non-hydrogen) atoms. The van der Waals surface area contributed by atoms with Crippen molar-refractivity contribution in [2.24, 2.45) is 0 Å². The van der Waals surface area contributed by atoms with Gasteiger partial charge in [-0.15, -0.1) is 0 Å². The van der Waals surface area contributed by atoms with Gasteiger partial charge < -0.3 is 5.32 Å². The summed E-state index contributed by atoms with van der Waals surface area (Å²) in [5.41, 5.74) is -2.69. The van der Waals surface area contributed by atoms with Gasteiger partial charge in [0.2, 0.25) is 0 Å². The highest BCUT2D eigenvalue weighted by Gasteiger charge is 2.29. The minimum absolute atomic E-state index is 0.0698. The van der Waals surface area contributed by atoms with Crippen LogP contribution < -0.4 is 5.32 Å². The maximum atomic E-state index is 12.2. The topological polar surface area (TPSA) is 29.1 Å². The van der Waals surface area contributed by atoms with E-state index in [0.29, 0.717) is 12.1 Å². The monoisotopic (exact) mass is 377 g/mol. The van der Waals surface area contributed by atoms with Crippen LogP contribution in [-0.4, -0.2) is 23.7 Å². The number of nitrogens with one attached hydrogen (secondary N) is 1. The molecule has 0 atom stereocenters. The number of amides is 1. The second-order valence-corrected chi connectivity index (χ2v) is 7.54. The largest absolute Gasteiger partial charge is 0.446 e. The Morgan fingerprint density at radius 2 is 1.91 bits per heavy atom. The van der Waals surface area contributed by atoms with Gasteiger partial charge >= 0.3 is 5.51 Å². The Balaban J connectivity index is 1.70. The quantitative estimate of drug-likeness (QED) is 0.542. The van der Waals surface area contributed by atoms with Crippen LogP contribution in [0.3, 0.4) is 0 Å². The molecule has 0 saturated heterocycles. The number of rotatable bonds is 7. The maximum absolute atomic E-state index is 12.2. The first-order valence-electron chi connectivity index (χ1n) is 6.67. The fourth-order valence-electron chi connectivity index (χ4n) is 1.71. The lowest BCUT2D eigenvalue weighted by molar-refractivity contribution is -0.0328. The number of thioether (sulfide) groups is 2. The van der Waals surface area contributed by atoms with Crippen LogP contribution in [0.25, 0.3) is 0 Å².